The van der Waals surface area contributed by atoms with Crippen LogP contribution in [0.25, 0.3) is 11.3 Å². The molecule has 3 heterocycles. The molecule has 13 nitrogen and oxygen atoms in total. The Hall–Kier alpha value is -5.20. The van der Waals surface area contributed by atoms with Crippen molar-refractivity contribution < 1.29 is 33.6 Å². The van der Waals surface area contributed by atoms with Crippen molar-refractivity contribution in [2.24, 2.45) is 11.8 Å². The van der Waals surface area contributed by atoms with E-state index in [0.717, 1.165) is 11.1 Å². The summed E-state index contributed by atoms with van der Waals surface area (Å²) in [6.07, 6.45) is 2.31. The van der Waals surface area contributed by atoms with Gasteiger partial charge in [0.2, 0.25) is 23.6 Å². The van der Waals surface area contributed by atoms with Crippen LogP contribution in [0.5, 0.6) is 5.75 Å². The van der Waals surface area contributed by atoms with Crippen LogP contribution in [0.4, 0.5) is 0 Å². The lowest BCUT2D eigenvalue weighted by atomic mass is 9.92. The van der Waals surface area contributed by atoms with Crippen LogP contribution in [0.3, 0.4) is 0 Å². The summed E-state index contributed by atoms with van der Waals surface area (Å²) in [4.78, 5) is 68.6. The van der Waals surface area contributed by atoms with E-state index in [-0.39, 0.29) is 91.7 Å². The van der Waals surface area contributed by atoms with Crippen molar-refractivity contribution in [1.82, 2.24) is 31.3 Å². The van der Waals surface area contributed by atoms with Gasteiger partial charge < -0.3 is 35.8 Å². The van der Waals surface area contributed by atoms with E-state index in [1.54, 1.807) is 18.2 Å². The average Bonchev–Trinajstić information content (AvgIpc) is 3.77. The quantitative estimate of drug-likeness (QED) is 0.260. The van der Waals surface area contributed by atoms with Crippen molar-refractivity contribution in [3.05, 3.63) is 71.9 Å². The van der Waals surface area contributed by atoms with E-state index < -0.39 is 24.0 Å². The lowest BCUT2D eigenvalue weighted by Crippen LogP contribution is -2.50. The van der Waals surface area contributed by atoms with Gasteiger partial charge in [0.25, 0.3) is 5.91 Å². The summed E-state index contributed by atoms with van der Waals surface area (Å²) < 4.78 is 5.40. The molecule has 1 aromatic heterocycles. The molecule has 5 N–H and O–H groups in total. The number of carbonyl (C=O) groups excluding carboxylic acids is 5. The monoisotopic (exact) mass is 700 g/mol. The van der Waals surface area contributed by atoms with Crippen LogP contribution < -0.4 is 21.3 Å². The first-order valence-corrected chi connectivity index (χ1v) is 17.7. The van der Waals surface area contributed by atoms with Gasteiger partial charge >= 0.3 is 0 Å². The van der Waals surface area contributed by atoms with Crippen molar-refractivity contribution in [3.63, 3.8) is 0 Å². The number of amides is 5. The first-order chi connectivity index (χ1) is 24.5. The molecule has 2 aliphatic heterocycles. The second-order valence-electron chi connectivity index (χ2n) is 14.0. The summed E-state index contributed by atoms with van der Waals surface area (Å²) in [5, 5.41) is 25.5. The van der Waals surface area contributed by atoms with Crippen LogP contribution in [-0.4, -0.2) is 82.0 Å². The Morgan fingerprint density at radius 2 is 1.76 bits per heavy atom. The number of fused-ring (bicyclic) bond motifs is 1. The van der Waals surface area contributed by atoms with Gasteiger partial charge in [0.15, 0.2) is 11.5 Å². The fraction of sp³-hybridized carbons (Fsp3) is 0.474. The molecule has 5 rings (SSSR count). The summed E-state index contributed by atoms with van der Waals surface area (Å²) in [7, 11) is 0. The molecule has 272 valence electrons. The minimum atomic E-state index is -0.840. The van der Waals surface area contributed by atoms with Crippen LogP contribution in [0.15, 0.2) is 65.2 Å². The lowest BCUT2D eigenvalue weighted by Gasteiger charge is -2.29. The van der Waals surface area contributed by atoms with Crippen LogP contribution in [0.1, 0.15) is 75.3 Å². The fourth-order valence-electron chi connectivity index (χ4n) is 6.63. The van der Waals surface area contributed by atoms with E-state index in [4.69, 9.17) is 4.52 Å². The minimum absolute atomic E-state index is 0.0255. The summed E-state index contributed by atoms with van der Waals surface area (Å²) >= 11 is 0. The maximum Gasteiger partial charge on any atom is 0.273 e. The zero-order chi connectivity index (χ0) is 36.5. The van der Waals surface area contributed by atoms with E-state index >= 15 is 0 Å². The highest BCUT2D eigenvalue weighted by molar-refractivity contribution is 5.94. The molecule has 5 amide bonds. The van der Waals surface area contributed by atoms with Gasteiger partial charge in [0.05, 0.1) is 0 Å². The van der Waals surface area contributed by atoms with Gasteiger partial charge in [0, 0.05) is 56.1 Å². The van der Waals surface area contributed by atoms with Gasteiger partial charge in [-0.15, -0.1) is 0 Å². The Labute approximate surface area is 297 Å². The zero-order valence-corrected chi connectivity index (χ0v) is 29.4. The molecule has 2 aliphatic rings. The molecule has 2 saturated heterocycles. The number of phenols is 1. The van der Waals surface area contributed by atoms with Crippen LogP contribution >= 0.6 is 0 Å². The molecule has 51 heavy (non-hydrogen) atoms. The van der Waals surface area contributed by atoms with Crippen molar-refractivity contribution in [2.45, 2.75) is 89.9 Å². The van der Waals surface area contributed by atoms with Gasteiger partial charge in [-0.25, -0.2) is 0 Å². The van der Waals surface area contributed by atoms with E-state index in [1.807, 2.05) is 51.1 Å². The molecule has 13 heteroatoms. The second kappa shape index (κ2) is 17.1. The molecular weight excluding hydrogens is 652 g/mol. The first kappa shape index (κ1) is 37.1. The van der Waals surface area contributed by atoms with Crippen LogP contribution in [-0.2, 0) is 25.6 Å². The SMILES string of the molecule is CC(C)[C@@H]1CC[C@@H](C)CC(=O)N[C@@H](Cc2ccc(O)cc2)C(=O)NCCCC(=O)N2C[C@H](NC(=O)c3cc(-c4ccccc4)on3)C[C@H]2C(=O)N1. The maximum atomic E-state index is 13.8. The number of benzene rings is 2. The number of hydrogen-bond acceptors (Lipinski definition) is 8. The number of phenolic OH excluding ortho intramolecular Hbond substituents is 1. The smallest absolute Gasteiger partial charge is 0.273 e. The zero-order valence-electron chi connectivity index (χ0n) is 29.4. The first-order valence-electron chi connectivity index (χ1n) is 17.7. The number of aromatic hydroxyl groups is 1. The summed E-state index contributed by atoms with van der Waals surface area (Å²) in [5.74, 6) is -1.03. The third-order valence-electron chi connectivity index (χ3n) is 9.59. The van der Waals surface area contributed by atoms with Gasteiger partial charge in [-0.3, -0.25) is 24.0 Å². The molecule has 5 atom stereocenters. The normalized spacial score (nSPS) is 24.2. The molecule has 2 fully saturated rings. The highest BCUT2D eigenvalue weighted by atomic mass is 16.5. The van der Waals surface area contributed by atoms with E-state index in [1.165, 1.54) is 17.0 Å². The molecule has 2 aromatic carbocycles. The third-order valence-corrected chi connectivity index (χ3v) is 9.59. The predicted molar refractivity (Wildman–Crippen MR) is 189 cm³/mol. The Bertz CT molecular complexity index is 1680. The highest BCUT2D eigenvalue weighted by Gasteiger charge is 2.41. The minimum Gasteiger partial charge on any atom is -0.508 e. The van der Waals surface area contributed by atoms with Gasteiger partial charge in [-0.1, -0.05) is 68.4 Å². The summed E-state index contributed by atoms with van der Waals surface area (Å²) in [6, 6.07) is 15.0. The van der Waals surface area contributed by atoms with E-state index in [2.05, 4.69) is 26.4 Å². The number of aromatic nitrogens is 1. The van der Waals surface area contributed by atoms with E-state index in [0.29, 0.717) is 25.0 Å². The Kier molecular flexibility index (Phi) is 12.5. The molecule has 3 aromatic rings. The standard InChI is InChI=1S/C38H48N6O7/c1-23(2)29-16-11-24(3)18-34(46)41-30(19-25-12-14-28(45)15-13-25)36(48)39-17-7-10-35(47)44-22-27(20-32(44)38(50)42-29)40-37(49)31-21-33(51-43-31)26-8-5-4-6-9-26/h4-6,8-9,12-15,21,23-24,27,29-30,32,45H,7,10-11,16-20,22H2,1-3H3,(H,39,48)(H,40,49)(H,41,46)(H,42,50)/t24-,27-,29+,30+,32+/m1/s1. The van der Waals surface area contributed by atoms with Crippen LogP contribution in [0, 0.1) is 11.8 Å². The maximum absolute atomic E-state index is 13.8. The fourth-order valence-corrected chi connectivity index (χ4v) is 6.63. The van der Waals surface area contributed by atoms with Gasteiger partial charge in [-0.05, 0) is 55.2 Å². The van der Waals surface area contributed by atoms with Crippen molar-refractivity contribution in [2.75, 3.05) is 13.1 Å². The molecule has 0 radical (unpaired) electrons. The topological polar surface area (TPSA) is 183 Å². The molecule has 0 bridgehead atoms. The molecule has 0 unspecified atom stereocenters. The highest BCUT2D eigenvalue weighted by Crippen LogP contribution is 2.24. The van der Waals surface area contributed by atoms with Gasteiger partial charge in [0.1, 0.15) is 17.8 Å². The van der Waals surface area contributed by atoms with Crippen molar-refractivity contribution >= 4 is 29.5 Å². The summed E-state index contributed by atoms with van der Waals surface area (Å²) in [5.41, 5.74) is 1.65. The second-order valence-corrected chi connectivity index (χ2v) is 14.0. The van der Waals surface area contributed by atoms with Crippen molar-refractivity contribution in [1.29, 1.82) is 0 Å². The number of hydrogen-bond donors (Lipinski definition) is 5. The molecule has 0 aliphatic carbocycles. The van der Waals surface area contributed by atoms with Crippen molar-refractivity contribution in [3.8, 4) is 17.1 Å². The Morgan fingerprint density at radius 3 is 2.49 bits per heavy atom. The Balaban J connectivity index is 1.29. The Morgan fingerprint density at radius 1 is 1.02 bits per heavy atom. The summed E-state index contributed by atoms with van der Waals surface area (Å²) in [6.45, 7) is 6.32. The number of nitrogens with zero attached hydrogens (tertiary/aromatic N) is 2. The molecule has 0 saturated carbocycles. The largest absolute Gasteiger partial charge is 0.508 e. The molecule has 0 spiro atoms. The molecular formula is C38H48N6O7. The van der Waals surface area contributed by atoms with Crippen LogP contribution in [0.2, 0.25) is 0 Å². The van der Waals surface area contributed by atoms with E-state index in [9.17, 15) is 29.1 Å². The number of nitrogens with one attached hydrogen (secondary N) is 4. The predicted octanol–water partition coefficient (Wildman–Crippen LogP) is 3.33. The van der Waals surface area contributed by atoms with Gasteiger partial charge in [-0.2, -0.15) is 0 Å². The number of carbonyl (C=O) groups is 5. The number of rotatable bonds is 6. The average molecular weight is 701 g/mol. The lowest BCUT2D eigenvalue weighted by molar-refractivity contribution is -0.139. The third kappa shape index (κ3) is 10.2.